The molecule has 46 heteroatoms. The number of carboxylic acids is 1. The molecule has 5 aliphatic rings. The van der Waals surface area contributed by atoms with Gasteiger partial charge in [0.1, 0.15) is 57.6 Å². The van der Waals surface area contributed by atoms with E-state index in [0.29, 0.717) is 18.3 Å². The van der Waals surface area contributed by atoms with Crippen LogP contribution in [0, 0.1) is 65.0 Å². The van der Waals surface area contributed by atoms with Crippen molar-refractivity contribution in [3.63, 3.8) is 0 Å². The standard InChI is InChI=1S/C15H13N3O5.3C15H15N3O3.C9H6N2O4.C7H6N2O4.C6H9NO2.C4H6O3.CH4NP.5CH4/c1-8-16-10-3-2-4-12(18(22)23)14(10)15(21)17(8)11-6-5-9(19)7-13(11)20;3*1-8-17-11-4-2-3-10(16)14(11)15(21)18(8)12-6-5-9(19)7-13(12)20;1-5-10-6-3-2-4-7(11(13)14)8(6)9(12)15-5;8-4-2-1-3-5(9(12)13)6(4)7(10)11;7-5-2-1-4(8)3-6(5)9;1-3(5)7-4(2)6;1-2-3;;;;;/h2-4,11H,5-7H2,1H3;3*2-4,12H,5-7,16H2,1H3;2-4H,1H3;1-3H,8H2,(H,10,11);5H,1-3,7H2;1-2H3;3H,1H3;5*1H4/t;2*12-;;;;;;;;;;;/m.10.........../s1/i5D2,6D2,11D;3*5D2,6D2,12D;;;1D2,2D2,5D;;;;;;;/hD6. The van der Waals surface area contributed by atoms with Gasteiger partial charge in [-0.1, -0.05) is 73.5 Å². The maximum atomic E-state index is 13.2. The van der Waals surface area contributed by atoms with E-state index in [1.165, 1.54) is 146 Å². The molecule has 0 spiro atoms. The first-order valence-electron chi connectivity index (χ1n) is 52.5. The summed E-state index contributed by atoms with van der Waals surface area (Å²) in [7, 11) is 4.47. The maximum absolute atomic E-state index is 13.2. The van der Waals surface area contributed by atoms with E-state index in [9.17, 15) is 117 Å². The lowest BCUT2D eigenvalue weighted by atomic mass is 9.92. The summed E-state index contributed by atoms with van der Waals surface area (Å²) in [6, 6.07) is 8.78. The lowest BCUT2D eigenvalue weighted by Crippen LogP contribution is -2.36. The summed E-state index contributed by atoms with van der Waals surface area (Å²) >= 11 is 0. The highest BCUT2D eigenvalue weighted by Gasteiger charge is 2.36. The number of hydrogen-bond donors (Lipinski definition) is 6. The van der Waals surface area contributed by atoms with Gasteiger partial charge in [-0.05, 0) is 123 Å². The average Bonchev–Trinajstić information content (AvgIpc) is 0.700. The molecule has 734 valence electrons. The van der Waals surface area contributed by atoms with Crippen molar-refractivity contribution in [2.75, 3.05) is 29.9 Å². The Morgan fingerprint density at radius 1 is 0.435 bits per heavy atom. The van der Waals surface area contributed by atoms with Crippen LogP contribution >= 0.6 is 9.03 Å². The third-order valence-corrected chi connectivity index (χ3v) is 17.6. The number of aryl methyl sites for hydroxylation is 5. The first-order valence-corrected chi connectivity index (χ1v) is 37.8. The van der Waals surface area contributed by atoms with Crippen LogP contribution in [-0.2, 0) is 62.3 Å². The smallest absolute Gasteiger partial charge is 0.353 e. The minimum atomic E-state index is -3.44. The number of ether oxygens (including phenoxy) is 1. The van der Waals surface area contributed by atoms with Crippen LogP contribution in [0.1, 0.15) is 245 Å². The second kappa shape index (κ2) is 51.3. The van der Waals surface area contributed by atoms with Crippen molar-refractivity contribution in [1.29, 1.82) is 0 Å². The molecular formula is C92H109N18O27P. The average molecular weight is 1960 g/mol. The lowest BCUT2D eigenvalue weighted by Gasteiger charge is -2.24. The Balaban J connectivity index is 0.000000503. The van der Waals surface area contributed by atoms with E-state index < -0.39 is 267 Å². The number of anilines is 4. The first-order chi connectivity index (χ1) is 74.8. The molecule has 11 aromatic rings. The zero-order valence-corrected chi connectivity index (χ0v) is 70.8. The number of fused-ring (bicyclic) bond motifs is 5. The minimum absolute atomic E-state index is 0. The van der Waals surface area contributed by atoms with Crippen LogP contribution in [0.5, 0.6) is 0 Å². The molecule has 0 amide bonds. The quantitative estimate of drug-likeness (QED) is 0.0175. The van der Waals surface area contributed by atoms with Gasteiger partial charge < -0.3 is 42.9 Å². The fourth-order valence-electron chi connectivity index (χ4n) is 12.1. The predicted molar refractivity (Wildman–Crippen MR) is 515 cm³/mol. The second-order valence-corrected chi connectivity index (χ2v) is 27.3. The van der Waals surface area contributed by atoms with Crippen LogP contribution < -0.4 is 56.5 Å². The van der Waals surface area contributed by atoms with E-state index in [-0.39, 0.29) is 161 Å². The number of carbonyl (C=O) groups is 13. The fraction of sp³-hybridized carbons (Fsp3) is 0.359. The number of hydrogen-bond acceptors (Lipinski definition) is 37. The lowest BCUT2D eigenvalue weighted by molar-refractivity contribution is -0.385. The van der Waals surface area contributed by atoms with Crippen molar-refractivity contribution in [1.82, 2.24) is 43.2 Å². The first kappa shape index (κ1) is 74.2. The number of esters is 2. The predicted octanol–water partition coefficient (Wildman–Crippen LogP) is 11.1. The molecule has 45 nitrogen and oxygen atoms in total. The van der Waals surface area contributed by atoms with Crippen molar-refractivity contribution in [2.45, 2.75) is 212 Å². The van der Waals surface area contributed by atoms with Crippen molar-refractivity contribution < 1.29 is 134 Å². The van der Waals surface area contributed by atoms with Crippen LogP contribution in [0.15, 0.2) is 142 Å². The SMILES string of the molecule is C.C.C.C.C.CC(=O)OC(C)=O.CN=P.Cc1nc2cccc([N+](=O)[O-])c2c(=O)o1.Nc1cccc([N+](=O)[O-])c1C(=O)O.[2H]C1([2H])C(=O)CC(=O)C([2H])(N)C1([2H])[2H].[2H]C1([2H])C(=O)CC(=O)C([2H])(n2c(C)nc3cccc([N+](=O)[O-])c3c2=O)C1([2H])[2H].[2H]N([2H])c1cccc2nc(C)n(C3([2H])C(=O)CC(=O)C([2H])([2H])C3([2H])[2H])c(=O)c12.[2H]N([2H])c1cccc2nc(C)n([C@@]3([2H])C(=O)CC(=O)C([2H])([2H])C3([2H])[2H])c(=O)c12.[2H]N([2H])c1cccc2nc(C)n([C@]3([2H])C(=O)CC(=O)C([2H])([2H])C3([2H])[2H])c(=O)c12. The Hall–Kier alpha value is -16.2. The minimum Gasteiger partial charge on any atom is -0.477 e. The van der Waals surface area contributed by atoms with Gasteiger partial charge in [-0.15, -0.1) is 0 Å². The summed E-state index contributed by atoms with van der Waals surface area (Å²) in [5.41, 5.74) is 3.28. The van der Waals surface area contributed by atoms with Gasteiger partial charge in [0, 0.05) is 122 Å². The normalized spacial score (nSPS) is 25.7. The molecule has 6 aromatic carbocycles. The van der Waals surface area contributed by atoms with Crippen LogP contribution in [-0.4, -0.2) is 152 Å². The number of nitro groups is 3. The maximum Gasteiger partial charge on any atom is 0.353 e. The molecule has 0 radical (unpaired) electrons. The molecule has 0 bridgehead atoms. The number of benzene rings is 6. The Labute approximate surface area is 832 Å². The van der Waals surface area contributed by atoms with Gasteiger partial charge in [0.25, 0.3) is 39.3 Å². The summed E-state index contributed by atoms with van der Waals surface area (Å²) in [6.07, 6.45) is -37.4. The molecule has 138 heavy (non-hydrogen) atoms. The molecule has 5 aliphatic carbocycles. The third-order valence-electron chi connectivity index (χ3n) is 17.6. The van der Waals surface area contributed by atoms with Gasteiger partial charge in [0.2, 0.25) is 0 Å². The molecule has 0 aliphatic heterocycles. The van der Waals surface area contributed by atoms with E-state index in [2.05, 4.69) is 43.4 Å². The van der Waals surface area contributed by atoms with Gasteiger partial charge in [0.15, 0.2) is 54.2 Å². The van der Waals surface area contributed by atoms with Gasteiger partial charge in [-0.2, -0.15) is 0 Å². The molecule has 16 rings (SSSR count). The molecule has 5 atom stereocenters. The zero-order chi connectivity index (χ0) is 126. The summed E-state index contributed by atoms with van der Waals surface area (Å²) in [5.74, 6) is -16.1. The molecule has 0 saturated heterocycles. The number of aromatic nitrogens is 9. The monoisotopic (exact) mass is 1960 g/mol. The van der Waals surface area contributed by atoms with E-state index >= 15 is 0 Å². The summed E-state index contributed by atoms with van der Waals surface area (Å²) < 4.78 is 256. The van der Waals surface area contributed by atoms with Crippen LogP contribution in [0.25, 0.3) is 54.5 Å². The Kier molecular flexibility index (Phi) is 27.6. The topological polar surface area (TPSA) is 706 Å². The number of nitrogens with two attached hydrogens (primary N) is 5. The molecule has 5 heterocycles. The molecule has 5 fully saturated rings. The fourth-order valence-corrected chi connectivity index (χ4v) is 12.1. The van der Waals surface area contributed by atoms with E-state index in [0.717, 1.165) is 12.1 Å². The number of nitrogen functional groups attached to an aromatic ring is 4. The summed E-state index contributed by atoms with van der Waals surface area (Å²) in [5, 5.41) is 39.4. The Morgan fingerprint density at radius 2 is 0.688 bits per heavy atom. The highest BCUT2D eigenvalue weighted by molar-refractivity contribution is 7.03. The highest BCUT2D eigenvalue weighted by atomic mass is 31.0. The molecule has 5 aromatic heterocycles. The van der Waals surface area contributed by atoms with Crippen molar-refractivity contribution in [2.24, 2.45) is 10.5 Å². The Bertz CT molecular complexity index is 8120. The zero-order valence-electron chi connectivity index (χ0n) is 101. The van der Waals surface area contributed by atoms with Crippen LogP contribution in [0.2, 0.25) is 8.47 Å². The van der Waals surface area contributed by atoms with Crippen LogP contribution in [0.4, 0.5) is 39.8 Å². The molecular weight excluding hydrogens is 1820 g/mol. The van der Waals surface area contributed by atoms with Gasteiger partial charge in [-0.25, -0.2) is 34.5 Å². The largest absolute Gasteiger partial charge is 0.477 e. The van der Waals surface area contributed by atoms with Gasteiger partial charge in [-0.3, -0.25) is 130 Å². The Morgan fingerprint density at radius 3 is 0.971 bits per heavy atom. The van der Waals surface area contributed by atoms with Crippen molar-refractivity contribution in [3.05, 3.63) is 226 Å². The number of non-ortho nitro benzene ring substituents is 2. The number of Topliss-reactive ketones (excluding diaryl/α,β-unsaturated/α-hetero) is 10. The summed E-state index contributed by atoms with van der Waals surface area (Å²) in [6.45, 7) is 8.81. The number of carboxylic acid groups (broad SMARTS) is 1. The number of ketones is 10. The number of nitro benzene ring substituents is 3. The number of carbonyl (C=O) groups excluding carboxylic acids is 12. The third kappa shape index (κ3) is 28.2. The van der Waals surface area contributed by atoms with Crippen LogP contribution in [0.3, 0.4) is 0 Å². The van der Waals surface area contributed by atoms with Gasteiger partial charge in [0.05, 0.1) is 133 Å². The molecule has 11 N–H and O–H groups in total. The van der Waals surface area contributed by atoms with Crippen molar-refractivity contribution >= 4 is 179 Å². The van der Waals surface area contributed by atoms with Crippen molar-refractivity contribution in [3.8, 4) is 0 Å². The second-order valence-electron chi connectivity index (χ2n) is 26.9. The van der Waals surface area contributed by atoms with Gasteiger partial charge >= 0.3 is 23.5 Å². The number of rotatable bonds is 11. The van der Waals surface area contributed by atoms with E-state index in [1.807, 2.05) is 0 Å². The molecule has 3 unspecified atom stereocenters. The number of aromatic carboxylic acids is 1. The number of nitrogens with zero attached hydrogens (tertiary/aromatic N) is 13. The van der Waals surface area contributed by atoms with E-state index in [4.69, 9.17) is 63.7 Å². The van der Waals surface area contributed by atoms with E-state index in [1.54, 1.807) is 7.05 Å². The highest BCUT2D eigenvalue weighted by Crippen LogP contribution is 2.32. The summed E-state index contributed by atoms with van der Waals surface area (Å²) in [4.78, 5) is 265. The molecule has 5 saturated carbocycles.